The van der Waals surface area contributed by atoms with Crippen LogP contribution in [0.2, 0.25) is 0 Å². The van der Waals surface area contributed by atoms with E-state index in [1.54, 1.807) is 71.6 Å². The van der Waals surface area contributed by atoms with Crippen LogP contribution in [-0.4, -0.2) is 90.0 Å². The quantitative estimate of drug-likeness (QED) is 0.177. The van der Waals surface area contributed by atoms with Crippen molar-refractivity contribution in [3.8, 4) is 5.75 Å². The number of imide groups is 1. The minimum atomic E-state index is -4.86. The molecule has 2 aromatic carbocycles. The Morgan fingerprint density at radius 1 is 0.963 bits per heavy atom. The molecule has 2 amide bonds. The number of hydrogen-bond donors (Lipinski definition) is 2. The molecule has 0 aliphatic carbocycles. The van der Waals surface area contributed by atoms with Crippen molar-refractivity contribution in [1.82, 2.24) is 39.2 Å². The van der Waals surface area contributed by atoms with E-state index in [4.69, 9.17) is 13.6 Å². The third-order valence-electron chi connectivity index (χ3n) is 8.56. The minimum absolute atomic E-state index is 0.0420. The standard InChI is InChI=1S/C35H30F3N11O5/c1-46(22-13-27-30(40-15-22)47(2)34(44-27)43-20-7-9-24(10-8-20)54-35(36,37)38)28-11-12-39-33(45-28)42-21-14-41-48(16-21)17-29-52-18-23(19-53-29)49-31(50)25-5-3-4-6-26(25)32(49)51/h3-16,23,29H,17-19H2,1-2H3,(H,43,44)(H,39,42,45)/i2D3. The second-order valence-electron chi connectivity index (χ2n) is 12.2. The lowest BCUT2D eigenvalue weighted by Gasteiger charge is -2.33. The van der Waals surface area contributed by atoms with Gasteiger partial charge in [0.15, 0.2) is 11.9 Å². The number of alkyl halides is 3. The molecule has 2 aliphatic rings. The highest BCUT2D eigenvalue weighted by Gasteiger charge is 2.41. The monoisotopic (exact) mass is 744 g/mol. The maximum Gasteiger partial charge on any atom is 0.573 e. The molecule has 0 radical (unpaired) electrons. The molecule has 6 heterocycles. The number of imidazole rings is 1. The van der Waals surface area contributed by atoms with Crippen molar-refractivity contribution in [2.45, 2.75) is 25.2 Å². The van der Waals surface area contributed by atoms with Crippen LogP contribution < -0.4 is 20.3 Å². The molecule has 0 spiro atoms. The van der Waals surface area contributed by atoms with E-state index in [-0.39, 0.29) is 60.3 Å². The largest absolute Gasteiger partial charge is 0.573 e. The van der Waals surface area contributed by atoms with Crippen LogP contribution in [0.25, 0.3) is 11.2 Å². The molecule has 19 heteroatoms. The minimum Gasteiger partial charge on any atom is -0.406 e. The fourth-order valence-corrected chi connectivity index (χ4v) is 5.96. The van der Waals surface area contributed by atoms with Gasteiger partial charge in [-0.3, -0.25) is 23.7 Å². The number of carbonyl (C=O) groups excluding carboxylic acids is 2. The molecule has 0 bridgehead atoms. The number of halogens is 3. The summed E-state index contributed by atoms with van der Waals surface area (Å²) in [7, 11) is 1.72. The molecule has 2 aliphatic heterocycles. The Hall–Kier alpha value is -6.60. The number of nitrogens with zero attached hydrogens (tertiary/aromatic N) is 9. The molecule has 4 aromatic heterocycles. The number of carbonyl (C=O) groups is 2. The van der Waals surface area contributed by atoms with Crippen LogP contribution in [0.4, 0.5) is 47.9 Å². The Bertz CT molecular complexity index is 2440. The highest BCUT2D eigenvalue weighted by molar-refractivity contribution is 6.21. The van der Waals surface area contributed by atoms with Gasteiger partial charge < -0.3 is 29.7 Å². The average molecular weight is 745 g/mol. The first kappa shape index (κ1) is 31.0. The number of rotatable bonds is 10. The lowest BCUT2D eigenvalue weighted by molar-refractivity contribution is -0.274. The summed E-state index contributed by atoms with van der Waals surface area (Å²) in [4.78, 5) is 46.3. The van der Waals surface area contributed by atoms with Gasteiger partial charge in [0.05, 0.1) is 60.7 Å². The van der Waals surface area contributed by atoms with Crippen LogP contribution in [-0.2, 0) is 23.0 Å². The number of benzene rings is 2. The molecule has 8 rings (SSSR count). The average Bonchev–Trinajstić information content (AvgIpc) is 3.85. The van der Waals surface area contributed by atoms with Gasteiger partial charge in [-0.2, -0.15) is 10.1 Å². The molecule has 1 fully saturated rings. The molecule has 2 N–H and O–H groups in total. The van der Waals surface area contributed by atoms with Crippen molar-refractivity contribution in [1.29, 1.82) is 0 Å². The van der Waals surface area contributed by atoms with Gasteiger partial charge in [-0.1, -0.05) is 12.1 Å². The number of amides is 2. The van der Waals surface area contributed by atoms with E-state index < -0.39 is 31.4 Å². The third-order valence-corrected chi connectivity index (χ3v) is 8.56. The summed E-state index contributed by atoms with van der Waals surface area (Å²) in [5.41, 5.74) is 2.33. The number of ether oxygens (including phenoxy) is 3. The van der Waals surface area contributed by atoms with Gasteiger partial charge in [0.1, 0.15) is 17.1 Å². The molecular formula is C35H30F3N11O5. The van der Waals surface area contributed by atoms with Crippen LogP contribution in [0.3, 0.4) is 0 Å². The van der Waals surface area contributed by atoms with Crippen LogP contribution >= 0.6 is 0 Å². The van der Waals surface area contributed by atoms with Crippen molar-refractivity contribution >= 4 is 57.8 Å². The lowest BCUT2D eigenvalue weighted by Crippen LogP contribution is -2.50. The van der Waals surface area contributed by atoms with Crippen molar-refractivity contribution in [3.05, 3.63) is 96.6 Å². The zero-order valence-electron chi connectivity index (χ0n) is 31.1. The fourth-order valence-electron chi connectivity index (χ4n) is 5.96. The maximum atomic E-state index is 12.8. The molecule has 0 atom stereocenters. The summed E-state index contributed by atoms with van der Waals surface area (Å²) in [6, 6.07) is 14.1. The van der Waals surface area contributed by atoms with Crippen molar-refractivity contribution < 1.29 is 41.1 Å². The van der Waals surface area contributed by atoms with E-state index in [0.717, 1.165) is 16.7 Å². The second kappa shape index (κ2) is 13.7. The second-order valence-corrected chi connectivity index (χ2v) is 12.2. The number of hydrogen-bond acceptors (Lipinski definition) is 13. The van der Waals surface area contributed by atoms with Crippen LogP contribution in [0, 0.1) is 0 Å². The van der Waals surface area contributed by atoms with E-state index in [0.29, 0.717) is 28.3 Å². The molecule has 6 aromatic rings. The number of aryl methyl sites for hydroxylation is 1. The number of pyridine rings is 1. The Labute approximate surface area is 308 Å². The Morgan fingerprint density at radius 3 is 2.41 bits per heavy atom. The predicted octanol–water partition coefficient (Wildman–Crippen LogP) is 5.15. The molecule has 276 valence electrons. The highest BCUT2D eigenvalue weighted by Crippen LogP contribution is 2.30. The van der Waals surface area contributed by atoms with E-state index in [1.807, 2.05) is 0 Å². The van der Waals surface area contributed by atoms with Gasteiger partial charge in [-0.15, -0.1) is 13.2 Å². The number of anilines is 6. The van der Waals surface area contributed by atoms with Gasteiger partial charge in [-0.05, 0) is 48.5 Å². The van der Waals surface area contributed by atoms with E-state index in [9.17, 15) is 22.8 Å². The van der Waals surface area contributed by atoms with Gasteiger partial charge in [-0.25, -0.2) is 15.0 Å². The molecule has 0 saturated carbocycles. The maximum absolute atomic E-state index is 12.8. The third kappa shape index (κ3) is 6.96. The molecule has 54 heavy (non-hydrogen) atoms. The molecule has 0 unspecified atom stereocenters. The van der Waals surface area contributed by atoms with Crippen LogP contribution in [0.15, 0.2) is 85.5 Å². The fraction of sp³-hybridized carbons (Fsp3) is 0.229. The van der Waals surface area contributed by atoms with E-state index in [1.165, 1.54) is 23.2 Å². The predicted molar refractivity (Wildman–Crippen MR) is 187 cm³/mol. The summed E-state index contributed by atoms with van der Waals surface area (Å²) >= 11 is 0. The Kier molecular flexibility index (Phi) is 7.89. The highest BCUT2D eigenvalue weighted by atomic mass is 19.4. The molecule has 16 nitrogen and oxygen atoms in total. The lowest BCUT2D eigenvalue weighted by atomic mass is 10.1. The summed E-state index contributed by atoms with van der Waals surface area (Å²) < 4.78 is 80.2. The van der Waals surface area contributed by atoms with E-state index >= 15 is 0 Å². The van der Waals surface area contributed by atoms with Gasteiger partial charge in [0.2, 0.25) is 11.9 Å². The Morgan fingerprint density at radius 2 is 1.70 bits per heavy atom. The summed E-state index contributed by atoms with van der Waals surface area (Å²) in [6.07, 6.45) is 0.743. The topological polar surface area (TPSA) is 167 Å². The summed E-state index contributed by atoms with van der Waals surface area (Å²) in [5, 5.41) is 10.3. The van der Waals surface area contributed by atoms with Gasteiger partial charge in [0, 0.05) is 36.2 Å². The number of aromatic nitrogens is 7. The van der Waals surface area contributed by atoms with Crippen molar-refractivity contribution in [2.24, 2.45) is 6.98 Å². The van der Waals surface area contributed by atoms with Gasteiger partial charge >= 0.3 is 6.36 Å². The van der Waals surface area contributed by atoms with Gasteiger partial charge in [0.25, 0.3) is 11.8 Å². The number of nitrogens with one attached hydrogen (secondary N) is 2. The van der Waals surface area contributed by atoms with Crippen LogP contribution in [0.5, 0.6) is 5.75 Å². The first-order chi connectivity index (χ1) is 27.2. The van der Waals surface area contributed by atoms with E-state index in [2.05, 4.69) is 40.4 Å². The molecular weight excluding hydrogens is 711 g/mol. The SMILES string of the molecule is [2H]C([2H])([2H])n1c(Nc2ccc(OC(F)(F)F)cc2)nc2cc(N(C)c3ccnc(Nc4cnn(CC5OCC(N6C(=O)c7ccccc7C6=O)CO5)c4)n3)cnc21. The first-order valence-corrected chi connectivity index (χ1v) is 16.3. The zero-order valence-corrected chi connectivity index (χ0v) is 28.1. The molecule has 1 saturated heterocycles. The number of fused-ring (bicyclic) bond motifs is 2. The normalized spacial score (nSPS) is 18.2. The summed E-state index contributed by atoms with van der Waals surface area (Å²) in [5.74, 6) is -0.595. The van der Waals surface area contributed by atoms with Crippen molar-refractivity contribution in [3.63, 3.8) is 0 Å². The summed E-state index contributed by atoms with van der Waals surface area (Å²) in [6.45, 7) is -2.25. The van der Waals surface area contributed by atoms with Crippen molar-refractivity contribution in [2.75, 3.05) is 35.8 Å². The van der Waals surface area contributed by atoms with Crippen LogP contribution in [0.1, 0.15) is 24.8 Å². The first-order valence-electron chi connectivity index (χ1n) is 17.8. The Balaban J connectivity index is 0.909. The zero-order chi connectivity index (χ0) is 40.1. The smallest absolute Gasteiger partial charge is 0.406 e.